The van der Waals surface area contributed by atoms with E-state index in [1.165, 1.54) is 23.8 Å². The average molecular weight is 348 g/mol. The van der Waals surface area contributed by atoms with Crippen LogP contribution in [0.2, 0.25) is 0 Å². The van der Waals surface area contributed by atoms with Gasteiger partial charge in [0.15, 0.2) is 0 Å². The highest BCUT2D eigenvalue weighted by atomic mass is 16.5. The van der Waals surface area contributed by atoms with Gasteiger partial charge in [0.1, 0.15) is 6.10 Å². The lowest BCUT2D eigenvalue weighted by molar-refractivity contribution is -0.138. The van der Waals surface area contributed by atoms with E-state index in [0.717, 1.165) is 24.2 Å². The van der Waals surface area contributed by atoms with Gasteiger partial charge in [-0.1, -0.05) is 18.2 Å². The van der Waals surface area contributed by atoms with Crippen LogP contribution in [-0.2, 0) is 27.2 Å². The van der Waals surface area contributed by atoms with E-state index in [9.17, 15) is 4.79 Å². The number of hydrogen-bond donors (Lipinski definition) is 0. The predicted molar refractivity (Wildman–Crippen MR) is 97.7 cm³/mol. The number of pyridine rings is 1. The molecule has 0 N–H and O–H groups in total. The molecule has 4 aliphatic rings. The summed E-state index contributed by atoms with van der Waals surface area (Å²) >= 11 is 0. The number of ether oxygens (including phenoxy) is 2. The van der Waals surface area contributed by atoms with Crippen LogP contribution in [0.3, 0.4) is 0 Å². The molecule has 0 fully saturated rings. The van der Waals surface area contributed by atoms with E-state index in [1.807, 2.05) is 18.2 Å². The van der Waals surface area contributed by atoms with Crippen molar-refractivity contribution in [1.82, 2.24) is 9.55 Å². The molecule has 26 heavy (non-hydrogen) atoms. The molecule has 3 atom stereocenters. The fourth-order valence-electron chi connectivity index (χ4n) is 4.49. The maximum atomic E-state index is 12.3. The van der Waals surface area contributed by atoms with Crippen molar-refractivity contribution in [3.63, 3.8) is 0 Å². The summed E-state index contributed by atoms with van der Waals surface area (Å²) in [7, 11) is 1.42. The maximum absolute atomic E-state index is 12.3. The quantitative estimate of drug-likeness (QED) is 0.633. The van der Waals surface area contributed by atoms with Crippen molar-refractivity contribution in [2.45, 2.75) is 26.0 Å². The number of carbonyl (C=O) groups excluding carboxylic acids is 1. The Morgan fingerprint density at radius 2 is 2.15 bits per heavy atom. The second-order valence-electron chi connectivity index (χ2n) is 7.19. The molecule has 1 aromatic rings. The summed E-state index contributed by atoms with van der Waals surface area (Å²) in [6.07, 6.45) is 4.57. The molecule has 1 unspecified atom stereocenters. The Kier molecular flexibility index (Phi) is 3.32. The minimum Gasteiger partial charge on any atom is -0.497 e. The van der Waals surface area contributed by atoms with Crippen LogP contribution in [-0.4, -0.2) is 28.7 Å². The summed E-state index contributed by atoms with van der Waals surface area (Å²) in [5.41, 5.74) is 5.05. The van der Waals surface area contributed by atoms with E-state index in [4.69, 9.17) is 14.5 Å². The third-order valence-corrected chi connectivity index (χ3v) is 5.89. The first-order valence-corrected chi connectivity index (χ1v) is 8.97. The molecule has 5 nitrogen and oxygen atoms in total. The van der Waals surface area contributed by atoms with E-state index in [-0.39, 0.29) is 23.9 Å². The van der Waals surface area contributed by atoms with Crippen LogP contribution in [0.4, 0.5) is 0 Å². The Hall–Kier alpha value is -2.82. The summed E-state index contributed by atoms with van der Waals surface area (Å²) in [6.45, 7) is 2.88. The van der Waals surface area contributed by atoms with Gasteiger partial charge in [-0.2, -0.15) is 0 Å². The van der Waals surface area contributed by atoms with Crippen LogP contribution in [0.15, 0.2) is 48.4 Å². The predicted octanol–water partition coefficient (Wildman–Crippen LogP) is 3.41. The van der Waals surface area contributed by atoms with E-state index < -0.39 is 0 Å². The lowest BCUT2D eigenvalue weighted by Crippen LogP contribution is -2.42. The van der Waals surface area contributed by atoms with Gasteiger partial charge in [0.05, 0.1) is 30.2 Å². The molecule has 5 heteroatoms. The zero-order valence-corrected chi connectivity index (χ0v) is 14.8. The molecule has 0 bridgehead atoms. The van der Waals surface area contributed by atoms with Crippen LogP contribution in [0, 0.1) is 11.8 Å². The van der Waals surface area contributed by atoms with Gasteiger partial charge in [0.25, 0.3) is 0 Å². The van der Waals surface area contributed by atoms with Crippen molar-refractivity contribution >= 4 is 16.9 Å². The zero-order valence-electron chi connectivity index (χ0n) is 14.8. The van der Waals surface area contributed by atoms with Crippen molar-refractivity contribution in [2.75, 3.05) is 7.11 Å². The minimum atomic E-state index is -0.298. The molecule has 0 radical (unpaired) electrons. The molecule has 1 aromatic carbocycles. The number of benzene rings is 1. The average Bonchev–Trinajstić information content (AvgIpc) is 3.06. The van der Waals surface area contributed by atoms with Gasteiger partial charge in [-0.25, -0.2) is 9.78 Å². The summed E-state index contributed by atoms with van der Waals surface area (Å²) in [5, 5.41) is 1.18. The lowest BCUT2D eigenvalue weighted by atomic mass is 9.75. The Labute approximate surface area is 151 Å². The number of aromatic nitrogens is 2. The van der Waals surface area contributed by atoms with Crippen LogP contribution >= 0.6 is 0 Å². The third kappa shape index (κ3) is 2.09. The Balaban J connectivity index is 1.66. The largest absolute Gasteiger partial charge is 0.497 e. The van der Waals surface area contributed by atoms with E-state index in [1.54, 1.807) is 6.26 Å². The van der Waals surface area contributed by atoms with E-state index >= 15 is 0 Å². The summed E-state index contributed by atoms with van der Waals surface area (Å²) < 4.78 is 13.0. The van der Waals surface area contributed by atoms with Crippen molar-refractivity contribution in [3.8, 4) is 11.3 Å². The van der Waals surface area contributed by atoms with Gasteiger partial charge < -0.3 is 14.0 Å². The molecular formula is C21H20N2O3. The van der Waals surface area contributed by atoms with Crippen molar-refractivity contribution in [2.24, 2.45) is 11.8 Å². The minimum absolute atomic E-state index is 0.0662. The summed E-state index contributed by atoms with van der Waals surface area (Å²) in [5.74, 6) is 0.0400. The first-order chi connectivity index (χ1) is 12.7. The first-order valence-electron chi connectivity index (χ1n) is 8.97. The first kappa shape index (κ1) is 15.4. The molecule has 4 heterocycles. The molecule has 0 saturated carbocycles. The molecule has 4 aliphatic heterocycles. The fourth-order valence-corrected chi connectivity index (χ4v) is 4.49. The smallest absolute Gasteiger partial charge is 0.337 e. The zero-order chi connectivity index (χ0) is 17.8. The van der Waals surface area contributed by atoms with Gasteiger partial charge >= 0.3 is 5.97 Å². The lowest BCUT2D eigenvalue weighted by Gasteiger charge is -2.41. The second kappa shape index (κ2) is 5.59. The Morgan fingerprint density at radius 1 is 1.31 bits per heavy atom. The van der Waals surface area contributed by atoms with Crippen LogP contribution in [0.25, 0.3) is 22.2 Å². The highest BCUT2D eigenvalue weighted by molar-refractivity contribution is 5.98. The van der Waals surface area contributed by atoms with Gasteiger partial charge in [-0.3, -0.25) is 0 Å². The number of para-hydroxylation sites is 1. The number of hydrogen-bond acceptors (Lipinski definition) is 4. The molecule has 0 aliphatic carbocycles. The van der Waals surface area contributed by atoms with Crippen molar-refractivity contribution in [3.05, 3.63) is 54.1 Å². The Morgan fingerprint density at radius 3 is 3.00 bits per heavy atom. The molecule has 0 saturated heterocycles. The normalized spacial score (nSPS) is 24.5. The number of nitrogens with zero attached hydrogens (tertiary/aromatic N) is 2. The van der Waals surface area contributed by atoms with E-state index in [0.29, 0.717) is 5.57 Å². The number of methoxy groups -OCH3 is 1. The van der Waals surface area contributed by atoms with Gasteiger partial charge in [-0.15, -0.1) is 0 Å². The van der Waals surface area contributed by atoms with Gasteiger partial charge in [-0.05, 0) is 25.5 Å². The summed E-state index contributed by atoms with van der Waals surface area (Å²) in [4.78, 5) is 17.1. The molecule has 132 valence electrons. The van der Waals surface area contributed by atoms with Crippen LogP contribution in [0.5, 0.6) is 0 Å². The number of carbonyl (C=O) groups is 1. The molecule has 0 amide bonds. The fraction of sp³-hybridized carbons (Fsp3) is 0.333. The highest BCUT2D eigenvalue weighted by Crippen LogP contribution is 2.42. The topological polar surface area (TPSA) is 53.4 Å². The number of rotatable bonds is 1. The number of fused-ring (bicyclic) bond motifs is 6. The number of esters is 1. The van der Waals surface area contributed by atoms with Crippen LogP contribution in [0.1, 0.15) is 12.6 Å². The molecule has 5 rings (SSSR count). The monoisotopic (exact) mass is 348 g/mol. The maximum Gasteiger partial charge on any atom is 0.337 e. The molecule has 0 spiro atoms. The van der Waals surface area contributed by atoms with Crippen LogP contribution < -0.4 is 0 Å². The van der Waals surface area contributed by atoms with E-state index in [2.05, 4.69) is 29.8 Å². The molecule has 0 aromatic heterocycles. The standard InChI is InChI=1S/C21H20N2O3/c1-12-16-10-23-8-7-14-13-5-3-4-6-18(13)22-20(14)19(23)9-15(16)17(11-26-12)21(24)25-2/h3-8,11-12,15-16H,9-10H2,1-2H3/t12-,15-,16?/m0/s1. The van der Waals surface area contributed by atoms with Gasteiger partial charge in [0.2, 0.25) is 0 Å². The molecular weight excluding hydrogens is 328 g/mol. The highest BCUT2D eigenvalue weighted by Gasteiger charge is 2.42. The summed E-state index contributed by atoms with van der Waals surface area (Å²) in [6, 6.07) is 10.4. The third-order valence-electron chi connectivity index (χ3n) is 5.89. The van der Waals surface area contributed by atoms with Crippen molar-refractivity contribution in [1.29, 1.82) is 0 Å². The van der Waals surface area contributed by atoms with Crippen molar-refractivity contribution < 1.29 is 14.3 Å². The SMILES string of the molecule is COC(=O)C1=CO[C@@H](C)C2Cn3ccc4c5ccccc5nc-4c3C[C@H]12. The Bertz CT molecular complexity index is 1020. The second-order valence-corrected chi connectivity index (χ2v) is 7.19. The van der Waals surface area contributed by atoms with Gasteiger partial charge in [0, 0.05) is 41.2 Å².